The molecule has 1 atom stereocenters. The molecule has 0 radical (unpaired) electrons. The minimum absolute atomic E-state index is 0.145. The molecule has 6 heteroatoms. The van der Waals surface area contributed by atoms with Crippen LogP contribution in [0.15, 0.2) is 6.20 Å². The fourth-order valence-electron chi connectivity index (χ4n) is 2.19. The number of anilines is 1. The maximum atomic E-state index is 10.9. The van der Waals surface area contributed by atoms with Crippen molar-refractivity contribution in [3.05, 3.63) is 17.5 Å². The highest BCUT2D eigenvalue weighted by Crippen LogP contribution is 2.16. The van der Waals surface area contributed by atoms with Gasteiger partial charge in [-0.05, 0) is 26.2 Å². The summed E-state index contributed by atoms with van der Waals surface area (Å²) in [5.41, 5.74) is 0.625. The number of rotatable bonds is 4. The smallest absolute Gasteiger partial charge is 0.339 e. The van der Waals surface area contributed by atoms with Gasteiger partial charge in [-0.3, -0.25) is 0 Å². The first-order valence-electron chi connectivity index (χ1n) is 6.47. The van der Waals surface area contributed by atoms with Gasteiger partial charge < -0.3 is 14.7 Å². The van der Waals surface area contributed by atoms with E-state index in [0.717, 1.165) is 26.0 Å². The van der Waals surface area contributed by atoms with Gasteiger partial charge in [-0.25, -0.2) is 14.8 Å². The number of aromatic carboxylic acids is 1. The number of carboxylic acid groups (broad SMARTS) is 1. The monoisotopic (exact) mass is 265 g/mol. The SMILES string of the molecule is Cc1nc(N(C)CC2CCCCO2)ncc1C(=O)O. The number of carbonyl (C=O) groups is 1. The summed E-state index contributed by atoms with van der Waals surface area (Å²) in [6, 6.07) is 0. The number of likely N-dealkylation sites (N-methyl/N-ethyl adjacent to an activating group) is 1. The normalized spacial score (nSPS) is 19.2. The van der Waals surface area contributed by atoms with Crippen molar-refractivity contribution in [1.82, 2.24) is 9.97 Å². The van der Waals surface area contributed by atoms with Crippen molar-refractivity contribution in [1.29, 1.82) is 0 Å². The zero-order chi connectivity index (χ0) is 13.8. The molecule has 1 fully saturated rings. The van der Waals surface area contributed by atoms with Crippen molar-refractivity contribution in [3.63, 3.8) is 0 Å². The van der Waals surface area contributed by atoms with E-state index < -0.39 is 5.97 Å². The fraction of sp³-hybridized carbons (Fsp3) is 0.615. The molecule has 1 N–H and O–H groups in total. The molecule has 1 aliphatic heterocycles. The molecule has 0 aromatic carbocycles. The molecule has 104 valence electrons. The Morgan fingerprint density at radius 1 is 1.58 bits per heavy atom. The second-order valence-electron chi connectivity index (χ2n) is 4.84. The molecular formula is C13H19N3O3. The Labute approximate surface area is 112 Å². The molecule has 0 aliphatic carbocycles. The van der Waals surface area contributed by atoms with Gasteiger partial charge in [-0.1, -0.05) is 0 Å². The zero-order valence-electron chi connectivity index (χ0n) is 11.3. The van der Waals surface area contributed by atoms with E-state index in [1.54, 1.807) is 6.92 Å². The van der Waals surface area contributed by atoms with Crippen LogP contribution >= 0.6 is 0 Å². The van der Waals surface area contributed by atoms with Crippen molar-refractivity contribution < 1.29 is 14.6 Å². The highest BCUT2D eigenvalue weighted by atomic mass is 16.5. The summed E-state index contributed by atoms with van der Waals surface area (Å²) in [5.74, 6) is -0.459. The standard InChI is InChI=1S/C13H19N3O3/c1-9-11(12(17)18)7-14-13(15-9)16(2)8-10-5-3-4-6-19-10/h7,10H,3-6,8H2,1-2H3,(H,17,18). The molecule has 0 saturated carbocycles. The van der Waals surface area contributed by atoms with E-state index in [1.807, 2.05) is 11.9 Å². The van der Waals surface area contributed by atoms with Crippen molar-refractivity contribution in [2.24, 2.45) is 0 Å². The van der Waals surface area contributed by atoms with Gasteiger partial charge in [0.1, 0.15) is 0 Å². The molecule has 2 rings (SSSR count). The van der Waals surface area contributed by atoms with Gasteiger partial charge in [-0.15, -0.1) is 0 Å². The van der Waals surface area contributed by atoms with Crippen LogP contribution in [-0.4, -0.2) is 47.3 Å². The molecule has 1 saturated heterocycles. The number of nitrogens with zero attached hydrogens (tertiary/aromatic N) is 3. The minimum atomic E-state index is -0.998. The van der Waals surface area contributed by atoms with Crippen LogP contribution < -0.4 is 4.90 Å². The average molecular weight is 265 g/mol. The lowest BCUT2D eigenvalue weighted by molar-refractivity contribution is 0.0214. The first-order valence-corrected chi connectivity index (χ1v) is 6.47. The van der Waals surface area contributed by atoms with E-state index in [1.165, 1.54) is 12.6 Å². The van der Waals surface area contributed by atoms with Gasteiger partial charge in [0.2, 0.25) is 5.95 Å². The summed E-state index contributed by atoms with van der Waals surface area (Å²) >= 11 is 0. The summed E-state index contributed by atoms with van der Waals surface area (Å²) in [6.45, 7) is 3.22. The van der Waals surface area contributed by atoms with Crippen LogP contribution in [0.4, 0.5) is 5.95 Å². The number of ether oxygens (including phenoxy) is 1. The maximum Gasteiger partial charge on any atom is 0.339 e. The van der Waals surface area contributed by atoms with Gasteiger partial charge in [0, 0.05) is 26.4 Å². The van der Waals surface area contributed by atoms with Crippen LogP contribution in [0.5, 0.6) is 0 Å². The van der Waals surface area contributed by atoms with Crippen LogP contribution in [0, 0.1) is 6.92 Å². The van der Waals surface area contributed by atoms with E-state index >= 15 is 0 Å². The molecule has 1 aromatic heterocycles. The largest absolute Gasteiger partial charge is 0.478 e. The number of aryl methyl sites for hydroxylation is 1. The summed E-state index contributed by atoms with van der Waals surface area (Å²) in [5, 5.41) is 8.94. The first kappa shape index (κ1) is 13.7. The van der Waals surface area contributed by atoms with Crippen LogP contribution in [-0.2, 0) is 4.74 Å². The third kappa shape index (κ3) is 3.41. The fourth-order valence-corrected chi connectivity index (χ4v) is 2.19. The Morgan fingerprint density at radius 3 is 2.95 bits per heavy atom. The summed E-state index contributed by atoms with van der Waals surface area (Å²) in [7, 11) is 1.90. The molecule has 19 heavy (non-hydrogen) atoms. The van der Waals surface area contributed by atoms with Crippen molar-refractivity contribution in [2.45, 2.75) is 32.3 Å². The number of hydrogen-bond acceptors (Lipinski definition) is 5. The van der Waals surface area contributed by atoms with Gasteiger partial charge in [-0.2, -0.15) is 0 Å². The Kier molecular flexibility index (Phi) is 4.31. The summed E-state index contributed by atoms with van der Waals surface area (Å²) < 4.78 is 5.67. The van der Waals surface area contributed by atoms with Gasteiger partial charge in [0.15, 0.2) is 0 Å². The lowest BCUT2D eigenvalue weighted by atomic mass is 10.1. The molecule has 6 nitrogen and oxygen atoms in total. The Morgan fingerprint density at radius 2 is 2.37 bits per heavy atom. The lowest BCUT2D eigenvalue weighted by Gasteiger charge is -2.27. The predicted octanol–water partition coefficient (Wildman–Crippen LogP) is 1.49. The molecule has 0 bridgehead atoms. The van der Waals surface area contributed by atoms with Gasteiger partial charge in [0.05, 0.1) is 17.4 Å². The molecule has 1 aliphatic rings. The Bertz CT molecular complexity index is 458. The summed E-state index contributed by atoms with van der Waals surface area (Å²) in [4.78, 5) is 21.2. The Hall–Kier alpha value is -1.69. The second kappa shape index (κ2) is 5.97. The molecular weight excluding hydrogens is 246 g/mol. The van der Waals surface area contributed by atoms with Crippen molar-refractivity contribution in [2.75, 3.05) is 25.1 Å². The van der Waals surface area contributed by atoms with E-state index in [0.29, 0.717) is 11.6 Å². The van der Waals surface area contributed by atoms with E-state index in [9.17, 15) is 4.79 Å². The van der Waals surface area contributed by atoms with Gasteiger partial charge >= 0.3 is 5.97 Å². The van der Waals surface area contributed by atoms with Crippen LogP contribution in [0.25, 0.3) is 0 Å². The second-order valence-corrected chi connectivity index (χ2v) is 4.84. The third-order valence-corrected chi connectivity index (χ3v) is 3.29. The van der Waals surface area contributed by atoms with Crippen molar-refractivity contribution in [3.8, 4) is 0 Å². The highest BCUT2D eigenvalue weighted by Gasteiger charge is 2.18. The van der Waals surface area contributed by atoms with Crippen LogP contribution in [0.1, 0.15) is 35.3 Å². The molecule has 2 heterocycles. The highest BCUT2D eigenvalue weighted by molar-refractivity contribution is 5.88. The van der Waals surface area contributed by atoms with Crippen LogP contribution in [0.2, 0.25) is 0 Å². The molecule has 0 amide bonds. The van der Waals surface area contributed by atoms with Crippen LogP contribution in [0.3, 0.4) is 0 Å². The zero-order valence-corrected chi connectivity index (χ0v) is 11.3. The summed E-state index contributed by atoms with van der Waals surface area (Å²) in [6.07, 6.45) is 4.94. The topological polar surface area (TPSA) is 75.5 Å². The average Bonchev–Trinajstić information content (AvgIpc) is 2.39. The quantitative estimate of drug-likeness (QED) is 0.889. The molecule has 0 spiro atoms. The number of aromatic nitrogens is 2. The number of hydrogen-bond donors (Lipinski definition) is 1. The maximum absolute atomic E-state index is 10.9. The van der Waals surface area contributed by atoms with E-state index in [2.05, 4.69) is 9.97 Å². The minimum Gasteiger partial charge on any atom is -0.478 e. The van der Waals surface area contributed by atoms with E-state index in [4.69, 9.17) is 9.84 Å². The lowest BCUT2D eigenvalue weighted by Crippen LogP contribution is -2.34. The van der Waals surface area contributed by atoms with Gasteiger partial charge in [0.25, 0.3) is 0 Å². The molecule has 1 unspecified atom stereocenters. The Balaban J connectivity index is 2.04. The van der Waals surface area contributed by atoms with E-state index in [-0.39, 0.29) is 11.7 Å². The molecule has 1 aromatic rings. The van der Waals surface area contributed by atoms with Crippen molar-refractivity contribution >= 4 is 11.9 Å². The first-order chi connectivity index (χ1) is 9.08. The third-order valence-electron chi connectivity index (χ3n) is 3.29. The number of carboxylic acids is 1. The predicted molar refractivity (Wildman–Crippen MR) is 70.6 cm³/mol.